The van der Waals surface area contributed by atoms with E-state index >= 15 is 0 Å². The number of hydrogen-bond donors (Lipinski definition) is 1. The summed E-state index contributed by atoms with van der Waals surface area (Å²) in [4.78, 5) is 0. The first-order chi connectivity index (χ1) is 5.93. The normalized spacial score (nSPS) is 41.1. The van der Waals surface area contributed by atoms with E-state index in [1.54, 1.807) is 0 Å². The second kappa shape index (κ2) is 3.25. The van der Waals surface area contributed by atoms with Gasteiger partial charge in [-0.15, -0.1) is 12.4 Å². The zero-order chi connectivity index (χ0) is 9.74. The van der Waals surface area contributed by atoms with E-state index in [9.17, 15) is 13.2 Å². The van der Waals surface area contributed by atoms with Crippen LogP contribution in [0.5, 0.6) is 0 Å². The summed E-state index contributed by atoms with van der Waals surface area (Å²) in [5.74, 6) is 0. The van der Waals surface area contributed by atoms with Gasteiger partial charge in [-0.05, 0) is 19.3 Å². The molecule has 2 rings (SSSR count). The molecule has 2 bridgehead atoms. The van der Waals surface area contributed by atoms with Gasteiger partial charge in [0.05, 0.1) is 6.61 Å². The number of rotatable bonds is 1. The minimum Gasteiger partial charge on any atom is -0.365 e. The van der Waals surface area contributed by atoms with E-state index in [4.69, 9.17) is 10.5 Å². The van der Waals surface area contributed by atoms with Gasteiger partial charge < -0.3 is 10.5 Å². The van der Waals surface area contributed by atoms with E-state index in [1.807, 2.05) is 0 Å². The highest BCUT2D eigenvalue weighted by molar-refractivity contribution is 5.85. The lowest BCUT2D eigenvalue weighted by molar-refractivity contribution is -0.265. The highest BCUT2D eigenvalue weighted by atomic mass is 35.5. The number of hydrogen-bond acceptors (Lipinski definition) is 2. The molecule has 0 amide bonds. The van der Waals surface area contributed by atoms with Crippen LogP contribution in [-0.4, -0.2) is 24.9 Å². The first-order valence-electron chi connectivity index (χ1n) is 4.34. The van der Waals surface area contributed by atoms with Crippen molar-refractivity contribution in [2.75, 3.05) is 13.2 Å². The molecule has 1 heterocycles. The second-order valence-corrected chi connectivity index (χ2v) is 4.16. The van der Waals surface area contributed by atoms with Gasteiger partial charge in [0.2, 0.25) is 0 Å². The lowest BCUT2D eigenvalue weighted by Crippen LogP contribution is -2.43. The van der Waals surface area contributed by atoms with Crippen molar-refractivity contribution in [3.8, 4) is 0 Å². The molecule has 0 spiro atoms. The molecule has 2 fully saturated rings. The van der Waals surface area contributed by atoms with E-state index in [1.165, 1.54) is 0 Å². The molecular formula is C8H13ClF3NO. The summed E-state index contributed by atoms with van der Waals surface area (Å²) < 4.78 is 42.6. The van der Waals surface area contributed by atoms with E-state index < -0.39 is 17.2 Å². The number of halogens is 4. The summed E-state index contributed by atoms with van der Waals surface area (Å²) in [7, 11) is 0. The SMILES string of the molecule is Cl.NCC12CCC(C(F)(F)F)(C1)OC2. The van der Waals surface area contributed by atoms with Gasteiger partial charge in [-0.1, -0.05) is 0 Å². The van der Waals surface area contributed by atoms with Crippen LogP contribution in [0.4, 0.5) is 13.2 Å². The van der Waals surface area contributed by atoms with Crippen molar-refractivity contribution >= 4 is 12.4 Å². The minimum atomic E-state index is -4.24. The Kier molecular flexibility index (Phi) is 2.80. The third-order valence-corrected chi connectivity index (χ3v) is 3.32. The van der Waals surface area contributed by atoms with E-state index in [0.717, 1.165) is 0 Å². The standard InChI is InChI=1S/C8H12F3NO.ClH/c9-8(10,11)7-2-1-6(3-7,4-12)5-13-7;/h1-5,12H2;1H. The number of nitrogens with two attached hydrogens (primary N) is 1. The largest absolute Gasteiger partial charge is 0.417 e. The molecule has 2 atom stereocenters. The molecule has 0 aromatic heterocycles. The van der Waals surface area contributed by atoms with Crippen LogP contribution in [0, 0.1) is 5.41 Å². The maximum atomic E-state index is 12.6. The second-order valence-electron chi connectivity index (χ2n) is 4.16. The summed E-state index contributed by atoms with van der Waals surface area (Å²) >= 11 is 0. The Morgan fingerprint density at radius 1 is 1.29 bits per heavy atom. The molecule has 2 unspecified atom stereocenters. The van der Waals surface area contributed by atoms with Gasteiger partial charge in [-0.25, -0.2) is 0 Å². The average Bonchev–Trinajstić information content (AvgIpc) is 2.60. The molecule has 14 heavy (non-hydrogen) atoms. The van der Waals surface area contributed by atoms with Crippen molar-refractivity contribution < 1.29 is 17.9 Å². The van der Waals surface area contributed by atoms with Gasteiger partial charge in [0.25, 0.3) is 0 Å². The van der Waals surface area contributed by atoms with Crippen molar-refractivity contribution in [1.29, 1.82) is 0 Å². The maximum Gasteiger partial charge on any atom is 0.417 e. The smallest absolute Gasteiger partial charge is 0.365 e. The predicted octanol–water partition coefficient (Wildman–Crippen LogP) is 1.87. The first kappa shape index (κ1) is 12.1. The summed E-state index contributed by atoms with van der Waals surface area (Å²) in [6.45, 7) is 0.466. The summed E-state index contributed by atoms with van der Waals surface area (Å²) in [6.07, 6.45) is -3.56. The predicted molar refractivity (Wildman–Crippen MR) is 47.3 cm³/mol. The molecule has 2 nitrogen and oxygen atoms in total. The van der Waals surface area contributed by atoms with Crippen LogP contribution in [-0.2, 0) is 4.74 Å². The van der Waals surface area contributed by atoms with Crippen molar-refractivity contribution in [2.45, 2.75) is 31.0 Å². The zero-order valence-electron chi connectivity index (χ0n) is 7.56. The lowest BCUT2D eigenvalue weighted by Gasteiger charge is -2.29. The fraction of sp³-hybridized carbons (Fsp3) is 1.00. The molecule has 6 heteroatoms. The van der Waals surface area contributed by atoms with Gasteiger partial charge >= 0.3 is 6.18 Å². The fourth-order valence-electron chi connectivity index (χ4n) is 2.34. The van der Waals surface area contributed by atoms with E-state index in [2.05, 4.69) is 0 Å². The summed E-state index contributed by atoms with van der Waals surface area (Å²) in [5, 5.41) is 0. The Morgan fingerprint density at radius 3 is 2.14 bits per heavy atom. The molecule has 84 valence electrons. The zero-order valence-corrected chi connectivity index (χ0v) is 8.38. The molecule has 1 aliphatic carbocycles. The summed E-state index contributed by atoms with van der Waals surface area (Å²) in [6, 6.07) is 0. The van der Waals surface area contributed by atoms with Crippen molar-refractivity contribution in [3.05, 3.63) is 0 Å². The average molecular weight is 232 g/mol. The maximum absolute atomic E-state index is 12.6. The van der Waals surface area contributed by atoms with Crippen molar-refractivity contribution in [2.24, 2.45) is 11.1 Å². The van der Waals surface area contributed by atoms with E-state index in [-0.39, 0.29) is 31.9 Å². The highest BCUT2D eigenvalue weighted by Crippen LogP contribution is 2.58. The van der Waals surface area contributed by atoms with Crippen molar-refractivity contribution in [1.82, 2.24) is 0 Å². The Balaban J connectivity index is 0.000000980. The van der Waals surface area contributed by atoms with Crippen LogP contribution in [0.3, 0.4) is 0 Å². The van der Waals surface area contributed by atoms with Crippen LogP contribution < -0.4 is 5.73 Å². The number of alkyl halides is 3. The van der Waals surface area contributed by atoms with Crippen molar-refractivity contribution in [3.63, 3.8) is 0 Å². The van der Waals surface area contributed by atoms with Crippen LogP contribution >= 0.6 is 12.4 Å². The topological polar surface area (TPSA) is 35.2 Å². The molecule has 2 aliphatic rings. The Hall–Kier alpha value is -0.0000000000000000486. The highest BCUT2D eigenvalue weighted by Gasteiger charge is 2.67. The first-order valence-corrected chi connectivity index (χ1v) is 4.34. The molecule has 0 radical (unpaired) electrons. The molecular weight excluding hydrogens is 219 g/mol. The van der Waals surface area contributed by atoms with Gasteiger partial charge in [-0.3, -0.25) is 0 Å². The van der Waals surface area contributed by atoms with E-state index in [0.29, 0.717) is 13.0 Å². The Bertz CT molecular complexity index is 223. The number of ether oxygens (including phenoxy) is 1. The Morgan fingerprint density at radius 2 is 1.93 bits per heavy atom. The summed E-state index contributed by atoms with van der Waals surface area (Å²) in [5.41, 5.74) is 3.20. The molecule has 1 saturated heterocycles. The van der Waals surface area contributed by atoms with Crippen LogP contribution in [0.15, 0.2) is 0 Å². The minimum absolute atomic E-state index is 0. The van der Waals surface area contributed by atoms with Gasteiger partial charge in [-0.2, -0.15) is 13.2 Å². The third kappa shape index (κ3) is 1.42. The fourth-order valence-corrected chi connectivity index (χ4v) is 2.34. The van der Waals surface area contributed by atoms with Crippen LogP contribution in [0.25, 0.3) is 0 Å². The van der Waals surface area contributed by atoms with Crippen LogP contribution in [0.2, 0.25) is 0 Å². The molecule has 0 aromatic rings. The third-order valence-electron chi connectivity index (χ3n) is 3.32. The number of fused-ring (bicyclic) bond motifs is 2. The van der Waals surface area contributed by atoms with Gasteiger partial charge in [0, 0.05) is 12.0 Å². The Labute approximate surface area is 86.4 Å². The van der Waals surface area contributed by atoms with Gasteiger partial charge in [0.1, 0.15) is 0 Å². The molecule has 2 N–H and O–H groups in total. The molecule has 1 saturated carbocycles. The van der Waals surface area contributed by atoms with Gasteiger partial charge in [0.15, 0.2) is 5.60 Å². The lowest BCUT2D eigenvalue weighted by atomic mass is 9.88. The van der Waals surface area contributed by atoms with Crippen LogP contribution in [0.1, 0.15) is 19.3 Å². The quantitative estimate of drug-likeness (QED) is 0.748. The monoisotopic (exact) mass is 231 g/mol. The molecule has 0 aromatic carbocycles. The molecule has 1 aliphatic heterocycles.